The van der Waals surface area contributed by atoms with Crippen LogP contribution in [0.1, 0.15) is 18.9 Å². The van der Waals surface area contributed by atoms with Gasteiger partial charge in [-0.3, -0.25) is 0 Å². The second kappa shape index (κ2) is 4.66. The monoisotopic (exact) mass is 220 g/mol. The Balaban J connectivity index is 2.56. The molecule has 0 spiro atoms. The summed E-state index contributed by atoms with van der Waals surface area (Å²) in [5, 5.41) is 0.999. The highest BCUT2D eigenvalue weighted by atomic mass is 19.1. The molecule has 1 aromatic carbocycles. The van der Waals surface area contributed by atoms with Crippen molar-refractivity contribution in [3.05, 3.63) is 35.8 Å². The average Bonchev–Trinajstić information content (AvgIpc) is 2.58. The Bertz CT molecular complexity index is 488. The molecule has 0 aliphatic rings. The molecule has 2 N–H and O–H groups in total. The van der Waals surface area contributed by atoms with Gasteiger partial charge in [0.05, 0.1) is 0 Å². The van der Waals surface area contributed by atoms with Crippen molar-refractivity contribution < 1.29 is 4.39 Å². The highest BCUT2D eigenvalue weighted by Crippen LogP contribution is 2.23. The summed E-state index contributed by atoms with van der Waals surface area (Å²) in [4.78, 5) is 0. The summed E-state index contributed by atoms with van der Waals surface area (Å²) >= 11 is 0. The summed E-state index contributed by atoms with van der Waals surface area (Å²) in [6.07, 6.45) is 3.97. The molecule has 0 atom stereocenters. The van der Waals surface area contributed by atoms with Crippen LogP contribution in [0.5, 0.6) is 0 Å². The van der Waals surface area contributed by atoms with E-state index in [1.165, 1.54) is 6.07 Å². The lowest BCUT2D eigenvalue weighted by atomic mass is 10.1. The summed E-state index contributed by atoms with van der Waals surface area (Å²) in [5.41, 5.74) is 7.82. The maximum Gasteiger partial charge on any atom is 0.123 e. The zero-order valence-corrected chi connectivity index (χ0v) is 9.54. The molecule has 0 unspecified atom stereocenters. The Morgan fingerprint density at radius 2 is 2.19 bits per heavy atom. The third-order valence-corrected chi connectivity index (χ3v) is 2.80. The van der Waals surface area contributed by atoms with Gasteiger partial charge in [0.25, 0.3) is 0 Å². The van der Waals surface area contributed by atoms with Crippen LogP contribution in [0.15, 0.2) is 24.4 Å². The summed E-state index contributed by atoms with van der Waals surface area (Å²) in [7, 11) is 0. The van der Waals surface area contributed by atoms with Gasteiger partial charge in [0, 0.05) is 23.6 Å². The van der Waals surface area contributed by atoms with Gasteiger partial charge >= 0.3 is 0 Å². The van der Waals surface area contributed by atoms with E-state index in [0.717, 1.165) is 35.9 Å². The standard InChI is InChI=1S/C13H17FN2/c1-2-7-16-9-10(5-6-15)12-8-11(14)3-4-13(12)16/h3-4,8-9H,2,5-7,15H2,1H3. The minimum atomic E-state index is -0.181. The normalized spacial score (nSPS) is 11.2. The molecule has 2 nitrogen and oxygen atoms in total. The van der Waals surface area contributed by atoms with Crippen molar-refractivity contribution in [1.82, 2.24) is 4.57 Å². The summed E-state index contributed by atoms with van der Waals surface area (Å²) in [6, 6.07) is 4.97. The van der Waals surface area contributed by atoms with E-state index in [9.17, 15) is 4.39 Å². The number of nitrogens with two attached hydrogens (primary N) is 1. The van der Waals surface area contributed by atoms with E-state index in [0.29, 0.717) is 6.54 Å². The van der Waals surface area contributed by atoms with E-state index in [1.807, 2.05) is 6.07 Å². The fourth-order valence-electron chi connectivity index (χ4n) is 2.12. The van der Waals surface area contributed by atoms with Crippen LogP contribution in [-0.4, -0.2) is 11.1 Å². The van der Waals surface area contributed by atoms with Crippen LogP contribution >= 0.6 is 0 Å². The fourth-order valence-corrected chi connectivity index (χ4v) is 2.12. The molecular formula is C13H17FN2. The first-order valence-corrected chi connectivity index (χ1v) is 5.73. The third kappa shape index (κ3) is 1.95. The number of rotatable bonds is 4. The summed E-state index contributed by atoms with van der Waals surface area (Å²) in [6.45, 7) is 3.70. The van der Waals surface area contributed by atoms with Gasteiger partial charge in [-0.2, -0.15) is 0 Å². The number of aromatic nitrogens is 1. The molecule has 2 aromatic rings. The lowest BCUT2D eigenvalue weighted by Crippen LogP contribution is -2.02. The van der Waals surface area contributed by atoms with Crippen molar-refractivity contribution in [3.63, 3.8) is 0 Å². The second-order valence-electron chi connectivity index (χ2n) is 4.05. The van der Waals surface area contributed by atoms with Gasteiger partial charge in [0.1, 0.15) is 5.82 Å². The SMILES string of the molecule is CCCn1cc(CCN)c2cc(F)ccc21. The van der Waals surface area contributed by atoms with Crippen LogP contribution in [0.4, 0.5) is 4.39 Å². The average molecular weight is 220 g/mol. The van der Waals surface area contributed by atoms with Crippen LogP contribution in [0.2, 0.25) is 0 Å². The molecule has 1 aromatic heterocycles. The van der Waals surface area contributed by atoms with Crippen molar-refractivity contribution in [2.24, 2.45) is 5.73 Å². The predicted molar refractivity (Wildman–Crippen MR) is 64.9 cm³/mol. The van der Waals surface area contributed by atoms with Crippen molar-refractivity contribution >= 4 is 10.9 Å². The molecule has 0 amide bonds. The van der Waals surface area contributed by atoms with Crippen molar-refractivity contribution in [2.45, 2.75) is 26.3 Å². The first kappa shape index (κ1) is 11.1. The molecule has 0 saturated carbocycles. The number of hydrogen-bond donors (Lipinski definition) is 1. The highest BCUT2D eigenvalue weighted by Gasteiger charge is 2.08. The highest BCUT2D eigenvalue weighted by molar-refractivity contribution is 5.84. The molecule has 2 rings (SSSR count). The van der Waals surface area contributed by atoms with Crippen LogP contribution in [0.25, 0.3) is 10.9 Å². The number of benzene rings is 1. The number of nitrogens with zero attached hydrogens (tertiary/aromatic N) is 1. The minimum absolute atomic E-state index is 0.181. The van der Waals surface area contributed by atoms with Gasteiger partial charge < -0.3 is 10.3 Å². The van der Waals surface area contributed by atoms with E-state index < -0.39 is 0 Å². The van der Waals surface area contributed by atoms with Crippen molar-refractivity contribution in [3.8, 4) is 0 Å². The fraction of sp³-hybridized carbons (Fsp3) is 0.385. The van der Waals surface area contributed by atoms with Crippen molar-refractivity contribution in [2.75, 3.05) is 6.54 Å². The second-order valence-corrected chi connectivity index (χ2v) is 4.05. The first-order valence-electron chi connectivity index (χ1n) is 5.73. The molecule has 0 bridgehead atoms. The number of fused-ring (bicyclic) bond motifs is 1. The van der Waals surface area contributed by atoms with Gasteiger partial charge in [0.15, 0.2) is 0 Å². The quantitative estimate of drug-likeness (QED) is 0.843. The Kier molecular flexibility index (Phi) is 3.25. The molecule has 16 heavy (non-hydrogen) atoms. The molecule has 0 radical (unpaired) electrons. The van der Waals surface area contributed by atoms with Gasteiger partial charge in [-0.25, -0.2) is 4.39 Å². The molecule has 0 saturated heterocycles. The largest absolute Gasteiger partial charge is 0.347 e. The lowest BCUT2D eigenvalue weighted by molar-refractivity contribution is 0.629. The maximum atomic E-state index is 13.2. The van der Waals surface area contributed by atoms with E-state index >= 15 is 0 Å². The van der Waals surface area contributed by atoms with Gasteiger partial charge in [-0.15, -0.1) is 0 Å². The molecule has 0 aliphatic heterocycles. The lowest BCUT2D eigenvalue weighted by Gasteiger charge is -2.01. The number of halogens is 1. The molecule has 0 aliphatic carbocycles. The zero-order valence-electron chi connectivity index (χ0n) is 9.54. The van der Waals surface area contributed by atoms with Crippen LogP contribution in [0, 0.1) is 5.82 Å². The Labute approximate surface area is 94.9 Å². The molecular weight excluding hydrogens is 203 g/mol. The molecule has 3 heteroatoms. The summed E-state index contributed by atoms with van der Waals surface area (Å²) in [5.74, 6) is -0.181. The van der Waals surface area contributed by atoms with Crippen molar-refractivity contribution in [1.29, 1.82) is 0 Å². The van der Waals surface area contributed by atoms with Gasteiger partial charge in [-0.1, -0.05) is 6.92 Å². The first-order chi connectivity index (χ1) is 7.76. The van der Waals surface area contributed by atoms with E-state index in [4.69, 9.17) is 5.73 Å². The molecule has 1 heterocycles. The van der Waals surface area contributed by atoms with Crippen LogP contribution in [0.3, 0.4) is 0 Å². The van der Waals surface area contributed by atoms with E-state index in [-0.39, 0.29) is 5.82 Å². The van der Waals surface area contributed by atoms with Crippen LogP contribution in [-0.2, 0) is 13.0 Å². The minimum Gasteiger partial charge on any atom is -0.347 e. The van der Waals surface area contributed by atoms with Gasteiger partial charge in [-0.05, 0) is 43.1 Å². The Morgan fingerprint density at radius 3 is 2.88 bits per heavy atom. The smallest absolute Gasteiger partial charge is 0.123 e. The van der Waals surface area contributed by atoms with E-state index in [1.54, 1.807) is 6.07 Å². The Morgan fingerprint density at radius 1 is 1.38 bits per heavy atom. The topological polar surface area (TPSA) is 30.9 Å². The summed E-state index contributed by atoms with van der Waals surface area (Å²) < 4.78 is 15.4. The number of hydrogen-bond acceptors (Lipinski definition) is 1. The molecule has 0 fully saturated rings. The zero-order chi connectivity index (χ0) is 11.5. The third-order valence-electron chi connectivity index (χ3n) is 2.80. The van der Waals surface area contributed by atoms with Gasteiger partial charge in [0.2, 0.25) is 0 Å². The Hall–Kier alpha value is -1.35. The van der Waals surface area contributed by atoms with E-state index in [2.05, 4.69) is 17.7 Å². The maximum absolute atomic E-state index is 13.2. The molecule has 86 valence electrons. The number of aryl methyl sites for hydroxylation is 1. The van der Waals surface area contributed by atoms with Crippen LogP contribution < -0.4 is 5.73 Å². The predicted octanol–water partition coefficient (Wildman–Crippen LogP) is 2.69.